The largest absolute Gasteiger partial charge is 0.476 e. The summed E-state index contributed by atoms with van der Waals surface area (Å²) >= 11 is 1.39. The third-order valence-electron chi connectivity index (χ3n) is 1.84. The van der Waals surface area contributed by atoms with Gasteiger partial charge in [-0.15, -0.1) is 11.3 Å². The van der Waals surface area contributed by atoms with Gasteiger partial charge >= 0.3 is 0 Å². The lowest BCUT2D eigenvalue weighted by Crippen LogP contribution is -2.04. The smallest absolute Gasteiger partial charge is 0.255 e. The Hall–Kier alpha value is -1.67. The average molecular weight is 236 g/mol. The number of carbonyl (C=O) groups excluding carboxylic acids is 1. The number of aryl methyl sites for hydroxylation is 1. The molecule has 0 fully saturated rings. The van der Waals surface area contributed by atoms with Crippen molar-refractivity contribution in [2.75, 3.05) is 6.61 Å². The van der Waals surface area contributed by atoms with E-state index in [1.54, 1.807) is 6.92 Å². The number of aliphatic imine (C=N–C) groups is 1. The molecule has 0 atom stereocenters. The maximum Gasteiger partial charge on any atom is 0.255 e. The Morgan fingerprint density at radius 3 is 2.94 bits per heavy atom. The highest BCUT2D eigenvalue weighted by atomic mass is 32.1. The fourth-order valence-electron chi connectivity index (χ4n) is 1.13. The Labute approximate surface area is 98.2 Å². The van der Waals surface area contributed by atoms with Crippen LogP contribution >= 0.6 is 11.3 Å². The summed E-state index contributed by atoms with van der Waals surface area (Å²) < 4.78 is 5.01. The normalized spacial score (nSPS) is 10.9. The van der Waals surface area contributed by atoms with Gasteiger partial charge in [0.1, 0.15) is 10.9 Å². The summed E-state index contributed by atoms with van der Waals surface area (Å²) in [7, 11) is 0. The zero-order chi connectivity index (χ0) is 12.0. The molecule has 1 rings (SSSR count). The summed E-state index contributed by atoms with van der Waals surface area (Å²) in [5.74, 6) is 0.0134. The molecule has 0 bridgehead atoms. The molecule has 5 heteroatoms. The van der Waals surface area contributed by atoms with E-state index in [2.05, 4.69) is 11.1 Å². The summed E-state index contributed by atoms with van der Waals surface area (Å²) in [6.07, 6.45) is 1.40. The van der Waals surface area contributed by atoms with Crippen molar-refractivity contribution in [1.29, 1.82) is 5.26 Å². The van der Waals surface area contributed by atoms with Crippen molar-refractivity contribution in [2.24, 2.45) is 4.99 Å². The van der Waals surface area contributed by atoms with E-state index in [1.807, 2.05) is 13.0 Å². The number of hydrogen-bond donors (Lipinski definition) is 0. The Morgan fingerprint density at radius 1 is 1.69 bits per heavy atom. The second kappa shape index (κ2) is 6.03. The minimum absolute atomic E-state index is 0.0134. The van der Waals surface area contributed by atoms with Crippen molar-refractivity contribution in [3.63, 3.8) is 0 Å². The molecule has 0 saturated carbocycles. The number of carbonyl (C=O) groups is 1. The molecular formula is C11H12N2O2S. The summed E-state index contributed by atoms with van der Waals surface area (Å²) in [5, 5.41) is 8.90. The second-order valence-corrected chi connectivity index (χ2v) is 4.03. The highest BCUT2D eigenvalue weighted by Gasteiger charge is 2.08. The van der Waals surface area contributed by atoms with E-state index in [-0.39, 0.29) is 5.90 Å². The molecule has 0 N–H and O–H groups in total. The summed E-state index contributed by atoms with van der Waals surface area (Å²) in [5.41, 5.74) is 0.514. The predicted molar refractivity (Wildman–Crippen MR) is 63.2 cm³/mol. The minimum Gasteiger partial charge on any atom is -0.476 e. The Kier molecular flexibility index (Phi) is 4.67. The van der Waals surface area contributed by atoms with E-state index in [1.165, 1.54) is 11.3 Å². The highest BCUT2D eigenvalue weighted by Crippen LogP contribution is 2.29. The average Bonchev–Trinajstić information content (AvgIpc) is 2.70. The molecule has 0 aromatic carbocycles. The van der Waals surface area contributed by atoms with Gasteiger partial charge in [-0.3, -0.25) is 4.79 Å². The molecule has 4 nitrogen and oxygen atoms in total. The van der Waals surface area contributed by atoms with Crippen LogP contribution in [0.3, 0.4) is 0 Å². The number of ether oxygens (including phenoxy) is 1. The molecule has 1 heterocycles. The van der Waals surface area contributed by atoms with Crippen molar-refractivity contribution in [3.8, 4) is 6.07 Å². The predicted octanol–water partition coefficient (Wildman–Crippen LogP) is 2.45. The number of thiophene rings is 1. The first kappa shape index (κ1) is 12.4. The molecule has 1 aromatic rings. The van der Waals surface area contributed by atoms with Gasteiger partial charge in [-0.25, -0.2) is 4.99 Å². The van der Waals surface area contributed by atoms with Gasteiger partial charge in [-0.2, -0.15) is 5.26 Å². The molecule has 0 radical (unpaired) electrons. The summed E-state index contributed by atoms with van der Waals surface area (Å²) in [6, 6.07) is 3.87. The molecule has 16 heavy (non-hydrogen) atoms. The van der Waals surface area contributed by atoms with Crippen LogP contribution in [0.4, 0.5) is 5.69 Å². The molecule has 84 valence electrons. The van der Waals surface area contributed by atoms with Crippen LogP contribution in [0.5, 0.6) is 0 Å². The van der Waals surface area contributed by atoms with Gasteiger partial charge in [-0.1, -0.05) is 6.92 Å². The Morgan fingerprint density at radius 2 is 2.44 bits per heavy atom. The van der Waals surface area contributed by atoms with E-state index in [0.29, 0.717) is 23.5 Å². The Balaban J connectivity index is 3.07. The molecule has 1 aromatic heterocycles. The fraction of sp³-hybridized carbons (Fsp3) is 0.364. The number of aldehydes is 1. The maximum absolute atomic E-state index is 10.6. The van der Waals surface area contributed by atoms with Crippen LogP contribution in [0, 0.1) is 11.3 Å². The standard InChI is InChI=1S/C11H12N2O2S/c1-3-8-5-9(10(6-12)16-8)13-11(7-14)15-4-2/h5,7H,3-4H2,1-2H3. The second-order valence-electron chi connectivity index (χ2n) is 2.89. The molecule has 0 saturated heterocycles. The minimum atomic E-state index is 0.0134. The first-order valence-electron chi connectivity index (χ1n) is 4.94. The lowest BCUT2D eigenvalue weighted by atomic mass is 10.3. The topological polar surface area (TPSA) is 62.4 Å². The van der Waals surface area contributed by atoms with Gasteiger partial charge < -0.3 is 4.74 Å². The van der Waals surface area contributed by atoms with E-state index < -0.39 is 0 Å². The number of hydrogen-bond acceptors (Lipinski definition) is 5. The number of nitriles is 1. The van der Waals surface area contributed by atoms with E-state index in [4.69, 9.17) is 10.00 Å². The van der Waals surface area contributed by atoms with Crippen molar-refractivity contribution in [1.82, 2.24) is 0 Å². The third-order valence-corrected chi connectivity index (χ3v) is 3.01. The van der Waals surface area contributed by atoms with Crippen LogP contribution in [0.25, 0.3) is 0 Å². The van der Waals surface area contributed by atoms with Gasteiger partial charge in [0.05, 0.1) is 12.3 Å². The highest BCUT2D eigenvalue weighted by molar-refractivity contribution is 7.13. The molecule has 0 aliphatic rings. The molecule has 0 aliphatic carbocycles. The van der Waals surface area contributed by atoms with Crippen molar-refractivity contribution >= 4 is 29.2 Å². The first-order valence-corrected chi connectivity index (χ1v) is 5.76. The van der Waals surface area contributed by atoms with Crippen LogP contribution in [-0.2, 0) is 16.0 Å². The monoisotopic (exact) mass is 236 g/mol. The van der Waals surface area contributed by atoms with Crippen molar-refractivity contribution in [3.05, 3.63) is 15.8 Å². The molecule has 0 spiro atoms. The molecule has 0 unspecified atom stereocenters. The quantitative estimate of drug-likeness (QED) is 0.458. The molecular weight excluding hydrogens is 224 g/mol. The third kappa shape index (κ3) is 2.91. The van der Waals surface area contributed by atoms with Crippen LogP contribution in [0.1, 0.15) is 23.6 Å². The van der Waals surface area contributed by atoms with E-state index in [0.717, 1.165) is 11.3 Å². The van der Waals surface area contributed by atoms with Gasteiger partial charge in [0.15, 0.2) is 0 Å². The number of rotatable bonds is 4. The molecule has 0 aliphatic heterocycles. The van der Waals surface area contributed by atoms with Gasteiger partial charge in [-0.05, 0) is 19.4 Å². The van der Waals surface area contributed by atoms with Crippen molar-refractivity contribution in [2.45, 2.75) is 20.3 Å². The van der Waals surface area contributed by atoms with Crippen molar-refractivity contribution < 1.29 is 9.53 Å². The van der Waals surface area contributed by atoms with Crippen LogP contribution in [0.15, 0.2) is 11.1 Å². The summed E-state index contributed by atoms with van der Waals surface area (Å²) in [4.78, 5) is 16.2. The number of nitrogens with zero attached hydrogens (tertiary/aromatic N) is 2. The Bertz CT molecular complexity index is 443. The van der Waals surface area contributed by atoms with Gasteiger partial charge in [0.25, 0.3) is 5.90 Å². The SMILES string of the molecule is CCOC(C=O)=Nc1cc(CC)sc1C#N. The van der Waals surface area contributed by atoms with Crippen LogP contribution < -0.4 is 0 Å². The molecule has 0 amide bonds. The van der Waals surface area contributed by atoms with Gasteiger partial charge in [0, 0.05) is 4.88 Å². The van der Waals surface area contributed by atoms with E-state index >= 15 is 0 Å². The fourth-order valence-corrected chi connectivity index (χ4v) is 1.96. The summed E-state index contributed by atoms with van der Waals surface area (Å²) in [6.45, 7) is 4.16. The van der Waals surface area contributed by atoms with Gasteiger partial charge in [0.2, 0.25) is 6.29 Å². The lowest BCUT2D eigenvalue weighted by Gasteiger charge is -1.98. The van der Waals surface area contributed by atoms with Crippen LogP contribution in [-0.4, -0.2) is 18.8 Å². The van der Waals surface area contributed by atoms with E-state index in [9.17, 15) is 4.79 Å². The first-order chi connectivity index (χ1) is 7.74. The van der Waals surface area contributed by atoms with Crippen LogP contribution in [0.2, 0.25) is 0 Å². The zero-order valence-electron chi connectivity index (χ0n) is 9.19. The zero-order valence-corrected chi connectivity index (χ0v) is 10.0. The lowest BCUT2D eigenvalue weighted by molar-refractivity contribution is -0.103. The maximum atomic E-state index is 10.6.